The van der Waals surface area contributed by atoms with Crippen molar-refractivity contribution >= 4 is 17.4 Å². The minimum absolute atomic E-state index is 0.563. The molecule has 98 valence electrons. The standard InChI is InChI=1S/C15H21ClN2/c16-10-13-6-3-8-17-15(13)18-9-7-12-4-1-2-5-14(12)11-18/h3,6,8,12,14H,1-2,4-5,7,9-11H2. The van der Waals surface area contributed by atoms with Gasteiger partial charge in [-0.1, -0.05) is 25.3 Å². The number of nitrogens with zero attached hydrogens (tertiary/aromatic N) is 2. The quantitative estimate of drug-likeness (QED) is 0.755. The highest BCUT2D eigenvalue weighted by atomic mass is 35.5. The summed E-state index contributed by atoms with van der Waals surface area (Å²) in [5.41, 5.74) is 1.17. The van der Waals surface area contributed by atoms with E-state index in [9.17, 15) is 0 Å². The molecule has 3 rings (SSSR count). The zero-order valence-electron chi connectivity index (χ0n) is 10.8. The molecule has 0 aromatic carbocycles. The molecule has 1 saturated carbocycles. The molecule has 3 heteroatoms. The Balaban J connectivity index is 1.77. The summed E-state index contributed by atoms with van der Waals surface area (Å²) in [4.78, 5) is 7.01. The molecule has 2 unspecified atom stereocenters. The molecule has 0 N–H and O–H groups in total. The van der Waals surface area contributed by atoms with Gasteiger partial charge in [-0.15, -0.1) is 11.6 Å². The third-order valence-corrected chi connectivity index (χ3v) is 4.89. The topological polar surface area (TPSA) is 16.1 Å². The number of piperidine rings is 1. The third kappa shape index (κ3) is 2.35. The molecular formula is C15H21ClN2. The summed E-state index contributed by atoms with van der Waals surface area (Å²) in [6.07, 6.45) is 8.94. The largest absolute Gasteiger partial charge is 0.356 e. The maximum absolute atomic E-state index is 6.02. The summed E-state index contributed by atoms with van der Waals surface area (Å²) in [7, 11) is 0. The maximum atomic E-state index is 6.02. The zero-order valence-corrected chi connectivity index (χ0v) is 11.6. The minimum Gasteiger partial charge on any atom is -0.356 e. The Morgan fingerprint density at radius 1 is 1.22 bits per heavy atom. The van der Waals surface area contributed by atoms with E-state index >= 15 is 0 Å². The summed E-state index contributed by atoms with van der Waals surface area (Å²) in [6, 6.07) is 4.08. The summed E-state index contributed by atoms with van der Waals surface area (Å²) < 4.78 is 0. The minimum atomic E-state index is 0.563. The van der Waals surface area contributed by atoms with E-state index in [4.69, 9.17) is 11.6 Å². The summed E-state index contributed by atoms with van der Waals surface area (Å²) in [5.74, 6) is 3.54. The van der Waals surface area contributed by atoms with Crippen LogP contribution in [-0.4, -0.2) is 18.1 Å². The predicted molar refractivity (Wildman–Crippen MR) is 76.1 cm³/mol. The van der Waals surface area contributed by atoms with Gasteiger partial charge in [0.05, 0.1) is 5.88 Å². The van der Waals surface area contributed by atoms with Gasteiger partial charge < -0.3 is 4.90 Å². The molecule has 0 amide bonds. The lowest BCUT2D eigenvalue weighted by molar-refractivity contribution is 0.202. The zero-order chi connectivity index (χ0) is 12.4. The molecule has 0 bridgehead atoms. The number of halogens is 1. The number of hydrogen-bond donors (Lipinski definition) is 0. The highest BCUT2D eigenvalue weighted by Crippen LogP contribution is 2.37. The molecule has 18 heavy (non-hydrogen) atoms. The van der Waals surface area contributed by atoms with Crippen LogP contribution < -0.4 is 4.90 Å². The number of aromatic nitrogens is 1. The lowest BCUT2D eigenvalue weighted by Gasteiger charge is -2.42. The van der Waals surface area contributed by atoms with Gasteiger partial charge >= 0.3 is 0 Å². The number of hydrogen-bond acceptors (Lipinski definition) is 2. The van der Waals surface area contributed by atoms with Crippen LogP contribution in [0, 0.1) is 11.8 Å². The Morgan fingerprint density at radius 3 is 2.89 bits per heavy atom. The Bertz CT molecular complexity index is 407. The molecule has 0 spiro atoms. The highest BCUT2D eigenvalue weighted by molar-refractivity contribution is 6.17. The molecular weight excluding hydrogens is 244 g/mol. The van der Waals surface area contributed by atoms with Crippen molar-refractivity contribution in [2.45, 2.75) is 38.0 Å². The van der Waals surface area contributed by atoms with Crippen LogP contribution in [0.3, 0.4) is 0 Å². The van der Waals surface area contributed by atoms with E-state index in [1.165, 1.54) is 44.2 Å². The van der Waals surface area contributed by atoms with Crippen molar-refractivity contribution in [3.05, 3.63) is 23.9 Å². The van der Waals surface area contributed by atoms with Crippen LogP contribution in [-0.2, 0) is 5.88 Å². The normalized spacial score (nSPS) is 27.9. The van der Waals surface area contributed by atoms with E-state index < -0.39 is 0 Å². The van der Waals surface area contributed by atoms with E-state index in [1.807, 2.05) is 12.3 Å². The molecule has 2 atom stereocenters. The molecule has 1 aromatic heterocycles. The molecule has 1 saturated heterocycles. The number of fused-ring (bicyclic) bond motifs is 1. The summed E-state index contributed by atoms with van der Waals surface area (Å²) in [6.45, 7) is 2.34. The Kier molecular flexibility index (Phi) is 3.74. The number of rotatable bonds is 2. The summed E-state index contributed by atoms with van der Waals surface area (Å²) in [5, 5.41) is 0. The van der Waals surface area contributed by atoms with Crippen molar-refractivity contribution in [1.29, 1.82) is 0 Å². The molecule has 2 aliphatic rings. The van der Waals surface area contributed by atoms with Gasteiger partial charge in [-0.2, -0.15) is 0 Å². The van der Waals surface area contributed by atoms with Crippen LogP contribution in [0.2, 0.25) is 0 Å². The van der Waals surface area contributed by atoms with E-state index in [-0.39, 0.29) is 0 Å². The highest BCUT2D eigenvalue weighted by Gasteiger charge is 2.31. The molecule has 2 nitrogen and oxygen atoms in total. The van der Waals surface area contributed by atoms with Crippen LogP contribution in [0.15, 0.2) is 18.3 Å². The lowest BCUT2D eigenvalue weighted by atomic mass is 9.75. The predicted octanol–water partition coefficient (Wildman–Crippen LogP) is 3.84. The molecule has 1 aliphatic carbocycles. The van der Waals surface area contributed by atoms with Crippen molar-refractivity contribution < 1.29 is 0 Å². The fraction of sp³-hybridized carbons (Fsp3) is 0.667. The first-order valence-electron chi connectivity index (χ1n) is 7.13. The monoisotopic (exact) mass is 264 g/mol. The van der Waals surface area contributed by atoms with Crippen LogP contribution >= 0.6 is 11.6 Å². The van der Waals surface area contributed by atoms with Gasteiger partial charge in [-0.25, -0.2) is 4.98 Å². The first-order chi connectivity index (χ1) is 8.88. The first-order valence-corrected chi connectivity index (χ1v) is 7.66. The van der Waals surface area contributed by atoms with Gasteiger partial charge in [0.1, 0.15) is 5.82 Å². The van der Waals surface area contributed by atoms with Crippen LogP contribution in [0.5, 0.6) is 0 Å². The SMILES string of the molecule is ClCc1cccnc1N1CCC2CCCCC2C1. The van der Waals surface area contributed by atoms with E-state index in [1.54, 1.807) is 0 Å². The molecule has 0 radical (unpaired) electrons. The number of anilines is 1. The van der Waals surface area contributed by atoms with Crippen LogP contribution in [0.1, 0.15) is 37.7 Å². The fourth-order valence-electron chi connectivity index (χ4n) is 3.61. The average molecular weight is 265 g/mol. The van der Waals surface area contributed by atoms with Crippen LogP contribution in [0.4, 0.5) is 5.82 Å². The van der Waals surface area contributed by atoms with Gasteiger partial charge in [0.15, 0.2) is 0 Å². The van der Waals surface area contributed by atoms with Gasteiger partial charge in [0.25, 0.3) is 0 Å². The van der Waals surface area contributed by atoms with E-state index in [0.717, 1.165) is 24.2 Å². The van der Waals surface area contributed by atoms with Gasteiger partial charge in [-0.3, -0.25) is 0 Å². The van der Waals surface area contributed by atoms with Gasteiger partial charge in [-0.05, 0) is 30.7 Å². The second-order valence-corrected chi connectivity index (χ2v) is 5.93. The van der Waals surface area contributed by atoms with Crippen molar-refractivity contribution in [3.8, 4) is 0 Å². The molecule has 1 aromatic rings. The van der Waals surface area contributed by atoms with Gasteiger partial charge in [0.2, 0.25) is 0 Å². The average Bonchev–Trinajstić information content (AvgIpc) is 2.46. The van der Waals surface area contributed by atoms with E-state index in [0.29, 0.717) is 5.88 Å². The maximum Gasteiger partial charge on any atom is 0.132 e. The molecule has 1 aliphatic heterocycles. The summed E-state index contributed by atoms with van der Waals surface area (Å²) >= 11 is 6.02. The van der Waals surface area contributed by atoms with Crippen molar-refractivity contribution in [2.75, 3.05) is 18.0 Å². The van der Waals surface area contributed by atoms with E-state index in [2.05, 4.69) is 16.0 Å². The third-order valence-electron chi connectivity index (χ3n) is 4.60. The molecule has 2 fully saturated rings. The Morgan fingerprint density at radius 2 is 2.06 bits per heavy atom. The smallest absolute Gasteiger partial charge is 0.132 e. The van der Waals surface area contributed by atoms with Crippen molar-refractivity contribution in [1.82, 2.24) is 4.98 Å². The van der Waals surface area contributed by atoms with Gasteiger partial charge in [0, 0.05) is 24.8 Å². The second kappa shape index (κ2) is 5.48. The number of pyridine rings is 1. The number of alkyl halides is 1. The first kappa shape index (κ1) is 12.3. The Hall–Kier alpha value is -0.760. The lowest BCUT2D eigenvalue weighted by Crippen LogP contribution is -2.42. The Labute approximate surface area is 114 Å². The van der Waals surface area contributed by atoms with Crippen LogP contribution in [0.25, 0.3) is 0 Å². The second-order valence-electron chi connectivity index (χ2n) is 5.66. The van der Waals surface area contributed by atoms with Crippen molar-refractivity contribution in [2.24, 2.45) is 11.8 Å². The fourth-order valence-corrected chi connectivity index (χ4v) is 3.82. The molecule has 2 heterocycles. The van der Waals surface area contributed by atoms with Crippen molar-refractivity contribution in [3.63, 3.8) is 0 Å².